The lowest BCUT2D eigenvalue weighted by Crippen LogP contribution is -2.41. The van der Waals surface area contributed by atoms with Crippen molar-refractivity contribution in [2.24, 2.45) is 0 Å². The zero-order valence-electron chi connectivity index (χ0n) is 19.9. The maximum Gasteiger partial charge on any atom is 0.346 e. The summed E-state index contributed by atoms with van der Waals surface area (Å²) in [4.78, 5) is 0. The molecule has 2 nitrogen and oxygen atoms in total. The minimum absolute atomic E-state index is 0.595. The van der Waals surface area contributed by atoms with Crippen LogP contribution >= 0.6 is 0 Å². The summed E-state index contributed by atoms with van der Waals surface area (Å²) in [6.07, 6.45) is 17.1. The van der Waals surface area contributed by atoms with Gasteiger partial charge in [-0.1, -0.05) is 58.7 Å². The Balaban J connectivity index is 4.83. The SMILES string of the molecule is C=CC[Si](CC=C)(OC/C=C(\C)CCC=C(C)C)OC/C=C(\C)CCC=C(C)C. The van der Waals surface area contributed by atoms with Crippen LogP contribution in [0, 0.1) is 0 Å². The number of allylic oxidation sites excluding steroid dienone is 8. The summed E-state index contributed by atoms with van der Waals surface area (Å²) in [6.45, 7) is 21.9. The van der Waals surface area contributed by atoms with E-state index in [-0.39, 0.29) is 0 Å². The molecule has 0 saturated heterocycles. The highest BCUT2D eigenvalue weighted by Crippen LogP contribution is 2.21. The van der Waals surface area contributed by atoms with Gasteiger partial charge in [-0.15, -0.1) is 13.2 Å². The van der Waals surface area contributed by atoms with Crippen molar-refractivity contribution in [2.45, 2.75) is 79.3 Å². The van der Waals surface area contributed by atoms with Crippen molar-refractivity contribution in [1.82, 2.24) is 0 Å². The first-order valence-corrected chi connectivity index (χ1v) is 13.1. The Morgan fingerprint density at radius 3 is 1.34 bits per heavy atom. The molecule has 0 rings (SSSR count). The number of hydrogen-bond acceptors (Lipinski definition) is 2. The first kappa shape index (κ1) is 27.6. The molecule has 0 saturated carbocycles. The molecule has 0 aliphatic rings. The maximum atomic E-state index is 6.35. The van der Waals surface area contributed by atoms with Gasteiger partial charge in [0.2, 0.25) is 0 Å². The molecule has 0 N–H and O–H groups in total. The van der Waals surface area contributed by atoms with Crippen molar-refractivity contribution in [2.75, 3.05) is 13.2 Å². The molecule has 0 radical (unpaired) electrons. The van der Waals surface area contributed by atoms with E-state index in [1.165, 1.54) is 22.3 Å². The van der Waals surface area contributed by atoms with E-state index in [0.717, 1.165) is 37.8 Å². The van der Waals surface area contributed by atoms with Crippen molar-refractivity contribution in [3.8, 4) is 0 Å². The Morgan fingerprint density at radius 1 is 0.655 bits per heavy atom. The lowest BCUT2D eigenvalue weighted by molar-refractivity contribution is 0.205. The average molecular weight is 417 g/mol. The second kappa shape index (κ2) is 16.4. The molecule has 0 amide bonds. The molecular formula is C26H44O2Si. The van der Waals surface area contributed by atoms with Crippen LogP contribution in [0.15, 0.2) is 71.9 Å². The van der Waals surface area contributed by atoms with E-state index < -0.39 is 8.56 Å². The highest BCUT2D eigenvalue weighted by molar-refractivity contribution is 6.68. The second-order valence-electron chi connectivity index (χ2n) is 8.26. The molecule has 0 unspecified atom stereocenters. The summed E-state index contributed by atoms with van der Waals surface area (Å²) in [7, 11) is -2.38. The van der Waals surface area contributed by atoms with Crippen LogP contribution in [0.25, 0.3) is 0 Å². The normalized spacial score (nSPS) is 12.5. The molecule has 29 heavy (non-hydrogen) atoms. The molecule has 0 aliphatic carbocycles. The molecule has 0 aromatic heterocycles. The smallest absolute Gasteiger partial charge is 0.346 e. The largest absolute Gasteiger partial charge is 0.390 e. The Hall–Kier alpha value is -1.42. The summed E-state index contributed by atoms with van der Waals surface area (Å²) >= 11 is 0. The third kappa shape index (κ3) is 15.1. The van der Waals surface area contributed by atoms with Gasteiger partial charge in [0.25, 0.3) is 0 Å². The third-order valence-electron chi connectivity index (χ3n) is 4.65. The minimum atomic E-state index is -2.38. The van der Waals surface area contributed by atoms with E-state index >= 15 is 0 Å². The quantitative estimate of drug-likeness (QED) is 0.186. The van der Waals surface area contributed by atoms with Gasteiger partial charge in [0.1, 0.15) is 0 Å². The van der Waals surface area contributed by atoms with E-state index in [1.54, 1.807) is 0 Å². The van der Waals surface area contributed by atoms with Crippen LogP contribution in [-0.2, 0) is 8.85 Å². The lowest BCUT2D eigenvalue weighted by atomic mass is 10.1. The standard InChI is InChI=1S/C26H44O2Si/c1-9-21-29(22-10-2,27-19-17-25(7)15-11-13-23(3)4)28-20-18-26(8)16-12-14-24(5)6/h9-10,13-14,17-18H,1-2,11-12,15-16,19-22H2,3-8H3/b25-17+,26-18+. The van der Waals surface area contributed by atoms with Crippen LogP contribution in [-0.4, -0.2) is 21.8 Å². The van der Waals surface area contributed by atoms with Gasteiger partial charge < -0.3 is 8.85 Å². The van der Waals surface area contributed by atoms with Crippen molar-refractivity contribution >= 4 is 8.56 Å². The zero-order valence-corrected chi connectivity index (χ0v) is 20.9. The first-order chi connectivity index (χ1) is 13.7. The molecule has 0 atom stereocenters. The summed E-state index contributed by atoms with van der Waals surface area (Å²) < 4.78 is 12.7. The Labute approximate surface area is 182 Å². The highest BCUT2D eigenvalue weighted by atomic mass is 28.4. The Bertz CT molecular complexity index is 546. The minimum Gasteiger partial charge on any atom is -0.390 e. The molecule has 0 spiro atoms. The fourth-order valence-corrected chi connectivity index (χ4v) is 5.23. The van der Waals surface area contributed by atoms with E-state index in [0.29, 0.717) is 13.2 Å². The van der Waals surface area contributed by atoms with E-state index in [1.807, 2.05) is 12.2 Å². The van der Waals surface area contributed by atoms with Gasteiger partial charge in [-0.05, 0) is 67.2 Å². The van der Waals surface area contributed by atoms with Gasteiger partial charge in [-0.25, -0.2) is 0 Å². The van der Waals surface area contributed by atoms with Gasteiger partial charge in [0.15, 0.2) is 0 Å². The predicted molar refractivity (Wildman–Crippen MR) is 133 cm³/mol. The van der Waals surface area contributed by atoms with Crippen LogP contribution < -0.4 is 0 Å². The molecular weight excluding hydrogens is 372 g/mol. The second-order valence-corrected chi connectivity index (χ2v) is 11.5. The van der Waals surface area contributed by atoms with Gasteiger partial charge in [-0.3, -0.25) is 0 Å². The van der Waals surface area contributed by atoms with Gasteiger partial charge in [0, 0.05) is 12.1 Å². The molecule has 3 heteroatoms. The average Bonchev–Trinajstić information content (AvgIpc) is 2.61. The van der Waals surface area contributed by atoms with Crippen molar-refractivity contribution < 1.29 is 8.85 Å². The molecule has 0 fully saturated rings. The summed E-state index contributed by atoms with van der Waals surface area (Å²) in [5, 5.41) is 0. The van der Waals surface area contributed by atoms with Crippen LogP contribution in [0.4, 0.5) is 0 Å². The summed E-state index contributed by atoms with van der Waals surface area (Å²) in [5.41, 5.74) is 5.46. The van der Waals surface area contributed by atoms with Crippen molar-refractivity contribution in [1.29, 1.82) is 0 Å². The Morgan fingerprint density at radius 2 is 1.03 bits per heavy atom. The summed E-state index contributed by atoms with van der Waals surface area (Å²) in [6, 6.07) is 1.54. The number of hydrogen-bond donors (Lipinski definition) is 0. The van der Waals surface area contributed by atoms with Crippen molar-refractivity contribution in [3.63, 3.8) is 0 Å². The Kier molecular flexibility index (Phi) is 15.6. The molecule has 0 bridgehead atoms. The van der Waals surface area contributed by atoms with Gasteiger partial charge in [0.05, 0.1) is 13.2 Å². The zero-order chi connectivity index (χ0) is 22.1. The van der Waals surface area contributed by atoms with E-state index in [4.69, 9.17) is 8.85 Å². The van der Waals surface area contributed by atoms with E-state index in [9.17, 15) is 0 Å². The van der Waals surface area contributed by atoms with Gasteiger partial charge in [-0.2, -0.15) is 0 Å². The van der Waals surface area contributed by atoms with Crippen LogP contribution in [0.3, 0.4) is 0 Å². The van der Waals surface area contributed by atoms with E-state index in [2.05, 4.69) is 79.0 Å². The van der Waals surface area contributed by atoms with Crippen molar-refractivity contribution in [3.05, 3.63) is 71.9 Å². The monoisotopic (exact) mass is 416 g/mol. The highest BCUT2D eigenvalue weighted by Gasteiger charge is 2.34. The fourth-order valence-electron chi connectivity index (χ4n) is 2.85. The fraction of sp³-hybridized carbons (Fsp3) is 0.538. The molecule has 164 valence electrons. The maximum absolute atomic E-state index is 6.35. The molecule has 0 aromatic carbocycles. The van der Waals surface area contributed by atoms with Crippen LogP contribution in [0.5, 0.6) is 0 Å². The predicted octanol–water partition coefficient (Wildman–Crippen LogP) is 8.22. The molecule has 0 heterocycles. The van der Waals surface area contributed by atoms with Gasteiger partial charge >= 0.3 is 8.56 Å². The molecule has 0 aromatic rings. The third-order valence-corrected chi connectivity index (χ3v) is 7.86. The number of rotatable bonds is 16. The van der Waals surface area contributed by atoms with Crippen LogP contribution in [0.1, 0.15) is 67.2 Å². The summed E-state index contributed by atoms with van der Waals surface area (Å²) in [5.74, 6) is 0. The lowest BCUT2D eigenvalue weighted by Gasteiger charge is -2.28. The first-order valence-electron chi connectivity index (χ1n) is 10.8. The molecule has 0 aliphatic heterocycles. The topological polar surface area (TPSA) is 18.5 Å². The van der Waals surface area contributed by atoms with Crippen LogP contribution in [0.2, 0.25) is 12.1 Å².